The fraction of sp³-hybridized carbons (Fsp3) is 0.400. The molecule has 1 aliphatic rings. The van der Waals surface area contributed by atoms with E-state index in [0.717, 1.165) is 0 Å². The lowest BCUT2D eigenvalue weighted by molar-refractivity contribution is -0.119. The third-order valence-electron chi connectivity index (χ3n) is 2.68. The number of amides is 3. The minimum atomic E-state index is -4.12. The average Bonchev–Trinajstić information content (AvgIpc) is 2.83. The minimum Gasteiger partial charge on any atom is -0.333 e. The molecule has 0 radical (unpaired) electrons. The van der Waals surface area contributed by atoms with Gasteiger partial charge in [0, 0.05) is 13.1 Å². The van der Waals surface area contributed by atoms with Crippen molar-refractivity contribution in [2.45, 2.75) is 19.6 Å². The summed E-state index contributed by atoms with van der Waals surface area (Å²) in [6, 6.07) is -0.511. The van der Waals surface area contributed by atoms with Crippen molar-refractivity contribution in [3.8, 4) is 0 Å². The van der Waals surface area contributed by atoms with Crippen molar-refractivity contribution in [3.63, 3.8) is 0 Å². The van der Waals surface area contributed by atoms with E-state index >= 15 is 0 Å². The number of anilines is 1. The smallest absolute Gasteiger partial charge is 0.329 e. The van der Waals surface area contributed by atoms with Crippen LogP contribution < -0.4 is 15.5 Å². The van der Waals surface area contributed by atoms with Crippen LogP contribution in [0.2, 0.25) is 0 Å². The molecule has 120 valence electrons. The predicted octanol–water partition coefficient (Wildman–Crippen LogP) is -1.04. The van der Waals surface area contributed by atoms with Gasteiger partial charge < -0.3 is 20.4 Å². The van der Waals surface area contributed by atoms with E-state index in [1.165, 1.54) is 28.9 Å². The normalized spacial score (nSPS) is 18.2. The van der Waals surface area contributed by atoms with Gasteiger partial charge in [0.05, 0.1) is 18.9 Å². The third-order valence-corrected chi connectivity index (χ3v) is 3.46. The Hall–Kier alpha value is -2.23. The first-order valence-electron chi connectivity index (χ1n) is 6.24. The molecule has 0 bridgehead atoms. The van der Waals surface area contributed by atoms with Gasteiger partial charge in [0.2, 0.25) is 5.91 Å². The lowest BCUT2D eigenvalue weighted by atomic mass is 10.3. The van der Waals surface area contributed by atoms with Crippen LogP contribution in [-0.2, 0) is 15.9 Å². The molecular formula is C10H15N6O5P. The highest BCUT2D eigenvalue weighted by Crippen LogP contribution is 2.33. The molecule has 3 amide bonds. The molecule has 1 aliphatic heterocycles. The topological polar surface area (TPSA) is 150 Å². The molecule has 1 atom stereocenters. The summed E-state index contributed by atoms with van der Waals surface area (Å²) in [5.41, 5.74) is 0. The van der Waals surface area contributed by atoms with E-state index in [-0.39, 0.29) is 24.4 Å². The molecule has 0 aromatic carbocycles. The highest BCUT2D eigenvalue weighted by Gasteiger charge is 2.24. The Morgan fingerprint density at radius 3 is 2.86 bits per heavy atom. The maximum Gasteiger partial charge on any atom is 0.329 e. The van der Waals surface area contributed by atoms with Crippen LogP contribution in [-0.4, -0.2) is 49.0 Å². The highest BCUT2D eigenvalue weighted by molar-refractivity contribution is 7.51. The van der Waals surface area contributed by atoms with Crippen LogP contribution in [0.15, 0.2) is 18.5 Å². The van der Waals surface area contributed by atoms with Crippen LogP contribution in [0.3, 0.4) is 0 Å². The largest absolute Gasteiger partial charge is 0.333 e. The van der Waals surface area contributed by atoms with Crippen molar-refractivity contribution >= 4 is 25.4 Å². The SMILES string of the molecule is CC(=O)NC1C=CN(c2cn(CCP(=O)(O)O)nn2)C(=O)N1. The summed E-state index contributed by atoms with van der Waals surface area (Å²) < 4.78 is 12.0. The number of carbonyl (C=O) groups excluding carboxylic acids is 2. The van der Waals surface area contributed by atoms with Crippen LogP contribution in [0.4, 0.5) is 10.6 Å². The van der Waals surface area contributed by atoms with E-state index in [0.29, 0.717) is 0 Å². The fourth-order valence-corrected chi connectivity index (χ4v) is 2.18. The van der Waals surface area contributed by atoms with Crippen LogP contribution in [0.1, 0.15) is 6.92 Å². The van der Waals surface area contributed by atoms with E-state index in [1.807, 2.05) is 0 Å². The van der Waals surface area contributed by atoms with Gasteiger partial charge in [-0.25, -0.2) is 9.48 Å². The molecule has 2 rings (SSSR count). The number of urea groups is 1. The molecule has 4 N–H and O–H groups in total. The van der Waals surface area contributed by atoms with Crippen LogP contribution in [0.5, 0.6) is 0 Å². The van der Waals surface area contributed by atoms with Gasteiger partial charge in [-0.3, -0.25) is 14.3 Å². The summed E-state index contributed by atoms with van der Waals surface area (Å²) >= 11 is 0. The maximum atomic E-state index is 11.9. The molecule has 1 aromatic heterocycles. The molecule has 0 saturated carbocycles. The summed E-state index contributed by atoms with van der Waals surface area (Å²) in [6.45, 7) is 1.31. The summed E-state index contributed by atoms with van der Waals surface area (Å²) in [4.78, 5) is 41.6. The number of hydrogen-bond acceptors (Lipinski definition) is 5. The molecule has 0 aliphatic carbocycles. The van der Waals surface area contributed by atoms with Gasteiger partial charge in [-0.05, 0) is 6.08 Å². The van der Waals surface area contributed by atoms with E-state index in [2.05, 4.69) is 20.9 Å². The summed E-state index contributed by atoms with van der Waals surface area (Å²) in [6.07, 6.45) is 3.39. The van der Waals surface area contributed by atoms with Crippen molar-refractivity contribution in [1.82, 2.24) is 25.6 Å². The number of carbonyl (C=O) groups is 2. The predicted molar refractivity (Wildman–Crippen MR) is 74.7 cm³/mol. The monoisotopic (exact) mass is 330 g/mol. The Balaban J connectivity index is 2.03. The molecule has 1 unspecified atom stereocenters. The first kappa shape index (κ1) is 16.1. The van der Waals surface area contributed by atoms with E-state index in [1.54, 1.807) is 6.08 Å². The first-order valence-corrected chi connectivity index (χ1v) is 8.04. The molecular weight excluding hydrogens is 315 g/mol. The molecule has 2 heterocycles. The van der Waals surface area contributed by atoms with Gasteiger partial charge in [0.15, 0.2) is 5.82 Å². The Bertz CT molecular complexity index is 652. The quantitative estimate of drug-likeness (QED) is 0.504. The van der Waals surface area contributed by atoms with Crippen LogP contribution in [0, 0.1) is 0 Å². The maximum absolute atomic E-state index is 11.9. The van der Waals surface area contributed by atoms with Gasteiger partial charge in [-0.1, -0.05) is 5.21 Å². The zero-order chi connectivity index (χ0) is 16.3. The second-order valence-electron chi connectivity index (χ2n) is 4.57. The van der Waals surface area contributed by atoms with E-state index in [9.17, 15) is 14.2 Å². The first-order chi connectivity index (χ1) is 10.2. The van der Waals surface area contributed by atoms with Gasteiger partial charge in [-0.15, -0.1) is 5.10 Å². The fourth-order valence-electron chi connectivity index (χ4n) is 1.71. The van der Waals surface area contributed by atoms with E-state index in [4.69, 9.17) is 9.79 Å². The minimum absolute atomic E-state index is 0.0228. The number of rotatable bonds is 5. The van der Waals surface area contributed by atoms with Crippen molar-refractivity contribution in [2.24, 2.45) is 0 Å². The zero-order valence-corrected chi connectivity index (χ0v) is 12.5. The molecule has 22 heavy (non-hydrogen) atoms. The summed E-state index contributed by atoms with van der Waals surface area (Å²) in [5.74, 6) is -0.0903. The van der Waals surface area contributed by atoms with Gasteiger partial charge >= 0.3 is 13.6 Å². The lowest BCUT2D eigenvalue weighted by Gasteiger charge is -2.25. The molecule has 0 fully saturated rings. The van der Waals surface area contributed by atoms with E-state index < -0.39 is 19.8 Å². The highest BCUT2D eigenvalue weighted by atomic mass is 31.2. The second kappa shape index (κ2) is 6.26. The third kappa shape index (κ3) is 4.38. The lowest BCUT2D eigenvalue weighted by Crippen LogP contribution is -2.53. The number of nitrogens with zero attached hydrogens (tertiary/aromatic N) is 4. The molecule has 0 spiro atoms. The standard InChI is InChI=1S/C10H15N6O5P/c1-7(17)11-8-2-3-16(10(18)12-8)9-6-15(14-13-9)4-5-22(19,20)21/h2-3,6,8H,4-5H2,1H3,(H,11,17)(H,12,18)(H2,19,20,21). The van der Waals surface area contributed by atoms with Crippen LogP contribution in [0.25, 0.3) is 0 Å². The summed E-state index contributed by atoms with van der Waals surface area (Å²) in [5, 5.41) is 12.5. The Morgan fingerprint density at radius 1 is 1.55 bits per heavy atom. The number of nitrogens with one attached hydrogen (secondary N) is 2. The van der Waals surface area contributed by atoms with Gasteiger partial charge in [0.25, 0.3) is 0 Å². The molecule has 11 nitrogen and oxygen atoms in total. The average molecular weight is 330 g/mol. The van der Waals surface area contributed by atoms with Crippen molar-refractivity contribution in [3.05, 3.63) is 18.5 Å². The number of hydrogen-bond donors (Lipinski definition) is 4. The van der Waals surface area contributed by atoms with Gasteiger partial charge in [0.1, 0.15) is 6.17 Å². The van der Waals surface area contributed by atoms with Crippen molar-refractivity contribution < 1.29 is 23.9 Å². The van der Waals surface area contributed by atoms with Crippen molar-refractivity contribution in [2.75, 3.05) is 11.1 Å². The Kier molecular flexibility index (Phi) is 4.59. The summed E-state index contributed by atoms with van der Waals surface area (Å²) in [7, 11) is -4.12. The zero-order valence-electron chi connectivity index (χ0n) is 11.6. The van der Waals surface area contributed by atoms with Crippen LogP contribution >= 0.6 is 7.60 Å². The van der Waals surface area contributed by atoms with Crippen molar-refractivity contribution in [1.29, 1.82) is 0 Å². The molecule has 0 saturated heterocycles. The molecule has 1 aromatic rings. The number of aryl methyl sites for hydroxylation is 1. The van der Waals surface area contributed by atoms with Gasteiger partial charge in [-0.2, -0.15) is 0 Å². The Labute approximate surface area is 125 Å². The Morgan fingerprint density at radius 2 is 2.27 bits per heavy atom. The number of aromatic nitrogens is 3. The second-order valence-corrected chi connectivity index (χ2v) is 6.34. The molecule has 12 heteroatoms.